The van der Waals surface area contributed by atoms with Gasteiger partial charge in [0.2, 0.25) is 20.0 Å². The number of methoxy groups -OCH3 is 1. The van der Waals surface area contributed by atoms with E-state index in [1.54, 1.807) is 56.5 Å². The molecule has 0 aliphatic rings. The highest BCUT2D eigenvalue weighted by molar-refractivity contribution is 7.89. The zero-order valence-electron chi connectivity index (χ0n) is 19.8. The first-order chi connectivity index (χ1) is 16.6. The average molecular weight is 537 g/mol. The van der Waals surface area contributed by atoms with Crippen molar-refractivity contribution in [2.45, 2.75) is 49.2 Å². The van der Waals surface area contributed by atoms with E-state index in [4.69, 9.17) is 16.3 Å². The lowest BCUT2D eigenvalue weighted by atomic mass is 10.2. The molecule has 188 valence electrons. The highest BCUT2D eigenvalue weighted by Gasteiger charge is 2.27. The maximum absolute atomic E-state index is 13.7. The van der Waals surface area contributed by atoms with Crippen molar-refractivity contribution in [3.8, 4) is 5.75 Å². The van der Waals surface area contributed by atoms with Gasteiger partial charge >= 0.3 is 0 Å². The van der Waals surface area contributed by atoms with Crippen molar-refractivity contribution < 1.29 is 21.6 Å². The number of benzene rings is 3. The van der Waals surface area contributed by atoms with Crippen molar-refractivity contribution in [3.05, 3.63) is 88.9 Å². The minimum Gasteiger partial charge on any atom is -0.497 e. The van der Waals surface area contributed by atoms with E-state index < -0.39 is 20.0 Å². The molecule has 0 radical (unpaired) electrons. The molecular weight excluding hydrogens is 508 g/mol. The molecule has 1 N–H and O–H groups in total. The summed E-state index contributed by atoms with van der Waals surface area (Å²) in [5.41, 5.74) is 1.38. The molecular formula is C25H29ClN2O5S2. The molecule has 7 nitrogen and oxygen atoms in total. The van der Waals surface area contributed by atoms with E-state index in [9.17, 15) is 16.8 Å². The monoisotopic (exact) mass is 536 g/mol. The van der Waals surface area contributed by atoms with E-state index in [1.165, 1.54) is 28.6 Å². The summed E-state index contributed by atoms with van der Waals surface area (Å²) in [5.74, 6) is 0.612. The predicted molar refractivity (Wildman–Crippen MR) is 137 cm³/mol. The van der Waals surface area contributed by atoms with Crippen LogP contribution in [0.4, 0.5) is 0 Å². The summed E-state index contributed by atoms with van der Waals surface area (Å²) in [5, 5.41) is 0.455. The summed E-state index contributed by atoms with van der Waals surface area (Å²) in [6, 6.07) is 19.2. The topological polar surface area (TPSA) is 92.8 Å². The Kier molecular flexibility index (Phi) is 8.95. The molecule has 0 fully saturated rings. The second-order valence-electron chi connectivity index (χ2n) is 8.12. The fourth-order valence-corrected chi connectivity index (χ4v) is 6.30. The summed E-state index contributed by atoms with van der Waals surface area (Å²) < 4.78 is 61.7. The van der Waals surface area contributed by atoms with Crippen molar-refractivity contribution in [1.82, 2.24) is 9.03 Å². The number of rotatable bonds is 11. The molecule has 0 spiro atoms. The lowest BCUT2D eigenvalue weighted by Gasteiger charge is -2.23. The van der Waals surface area contributed by atoms with Crippen LogP contribution >= 0.6 is 11.6 Å². The molecule has 0 aliphatic heterocycles. The van der Waals surface area contributed by atoms with Gasteiger partial charge in [-0.1, -0.05) is 48.9 Å². The van der Waals surface area contributed by atoms with Crippen LogP contribution in [0.2, 0.25) is 5.02 Å². The Balaban J connectivity index is 1.97. The minimum absolute atomic E-state index is 0.00204. The molecule has 0 saturated carbocycles. The van der Waals surface area contributed by atoms with Gasteiger partial charge in [0, 0.05) is 24.2 Å². The molecule has 0 heterocycles. The van der Waals surface area contributed by atoms with Crippen LogP contribution in [0.25, 0.3) is 0 Å². The minimum atomic E-state index is -4.01. The van der Waals surface area contributed by atoms with Gasteiger partial charge in [-0.3, -0.25) is 0 Å². The van der Waals surface area contributed by atoms with Gasteiger partial charge in [0.1, 0.15) is 5.75 Å². The molecule has 35 heavy (non-hydrogen) atoms. The first-order valence-electron chi connectivity index (χ1n) is 11.1. The molecule has 10 heteroatoms. The maximum Gasteiger partial charge on any atom is 0.243 e. The van der Waals surface area contributed by atoms with Crippen LogP contribution in [0.5, 0.6) is 5.75 Å². The highest BCUT2D eigenvalue weighted by Crippen LogP contribution is 2.26. The van der Waals surface area contributed by atoms with Crippen LogP contribution in [0, 0.1) is 0 Å². The summed E-state index contributed by atoms with van der Waals surface area (Å²) in [6.07, 6.45) is 0.632. The molecule has 0 amide bonds. The van der Waals surface area contributed by atoms with E-state index in [0.29, 0.717) is 22.8 Å². The largest absolute Gasteiger partial charge is 0.497 e. The third-order valence-electron chi connectivity index (χ3n) is 5.54. The zero-order chi connectivity index (χ0) is 25.6. The Hall–Kier alpha value is -2.43. The smallest absolute Gasteiger partial charge is 0.243 e. The molecule has 1 unspecified atom stereocenters. The van der Waals surface area contributed by atoms with Crippen LogP contribution in [0.1, 0.15) is 31.4 Å². The van der Waals surface area contributed by atoms with Crippen molar-refractivity contribution in [3.63, 3.8) is 0 Å². The van der Waals surface area contributed by atoms with Gasteiger partial charge < -0.3 is 4.74 Å². The third kappa shape index (κ3) is 6.83. The van der Waals surface area contributed by atoms with Crippen molar-refractivity contribution in [1.29, 1.82) is 0 Å². The van der Waals surface area contributed by atoms with E-state index in [-0.39, 0.29) is 28.9 Å². The summed E-state index contributed by atoms with van der Waals surface area (Å²) in [4.78, 5) is -0.0165. The normalized spacial score (nSPS) is 13.1. The second-order valence-corrected chi connectivity index (χ2v) is 12.2. The van der Waals surface area contributed by atoms with E-state index in [1.807, 2.05) is 13.0 Å². The van der Waals surface area contributed by atoms with Crippen molar-refractivity contribution in [2.24, 2.45) is 0 Å². The molecule has 1 atom stereocenters. The second kappa shape index (κ2) is 11.5. The number of sulfonamides is 2. The number of ether oxygens (including phenoxy) is 1. The molecule has 0 bridgehead atoms. The SMILES string of the molecule is CCC(C)NS(=O)(=O)c1ccc(S(=O)(=O)N(Cc2cccc(OC)c2)Cc2ccccc2Cl)cc1. The van der Waals surface area contributed by atoms with E-state index >= 15 is 0 Å². The molecule has 0 aromatic heterocycles. The van der Waals surface area contributed by atoms with Gasteiger partial charge in [-0.2, -0.15) is 4.31 Å². The lowest BCUT2D eigenvalue weighted by molar-refractivity contribution is 0.395. The summed E-state index contributed by atoms with van der Waals surface area (Å²) in [6.45, 7) is 3.75. The van der Waals surface area contributed by atoms with Crippen molar-refractivity contribution >= 4 is 31.6 Å². The molecule has 0 aliphatic carbocycles. The number of hydrogen-bond acceptors (Lipinski definition) is 5. The number of nitrogens with one attached hydrogen (secondary N) is 1. The quantitative estimate of drug-likeness (QED) is 0.379. The predicted octanol–water partition coefficient (Wildman–Crippen LogP) is 4.82. The summed E-state index contributed by atoms with van der Waals surface area (Å²) in [7, 11) is -6.21. The fourth-order valence-electron chi connectivity index (χ4n) is 3.37. The van der Waals surface area contributed by atoms with Gasteiger partial charge in [0.25, 0.3) is 0 Å². The Morgan fingerprint density at radius 3 is 2.20 bits per heavy atom. The number of hydrogen-bond donors (Lipinski definition) is 1. The molecule has 3 aromatic rings. The fraction of sp³-hybridized carbons (Fsp3) is 0.280. The third-order valence-corrected chi connectivity index (χ3v) is 9.32. The van der Waals surface area contributed by atoms with E-state index in [2.05, 4.69) is 4.72 Å². The Morgan fingerprint density at radius 2 is 1.57 bits per heavy atom. The molecule has 3 aromatic carbocycles. The Morgan fingerprint density at radius 1 is 0.914 bits per heavy atom. The van der Waals surface area contributed by atoms with Crippen molar-refractivity contribution in [2.75, 3.05) is 7.11 Å². The Bertz CT molecular complexity index is 1360. The van der Waals surface area contributed by atoms with Crippen LogP contribution in [0.3, 0.4) is 0 Å². The van der Waals surface area contributed by atoms with Gasteiger partial charge in [0.15, 0.2) is 0 Å². The average Bonchev–Trinajstić information content (AvgIpc) is 2.84. The zero-order valence-corrected chi connectivity index (χ0v) is 22.2. The van der Waals surface area contributed by atoms with E-state index in [0.717, 1.165) is 5.56 Å². The first-order valence-corrected chi connectivity index (χ1v) is 14.4. The van der Waals surface area contributed by atoms with Gasteiger partial charge in [-0.05, 0) is 66.9 Å². The molecule has 3 rings (SSSR count). The van der Waals surface area contributed by atoms with Gasteiger partial charge in [0.05, 0.1) is 16.9 Å². The van der Waals surface area contributed by atoms with Crippen LogP contribution in [-0.2, 0) is 33.1 Å². The summed E-state index contributed by atoms with van der Waals surface area (Å²) >= 11 is 6.32. The standard InChI is InChI=1S/C25H29ClN2O5S2/c1-4-19(2)27-34(29,30)23-12-14-24(15-13-23)35(31,32)28(18-21-9-5-6-11-25(21)26)17-20-8-7-10-22(16-20)33-3/h5-16,19,27H,4,17-18H2,1-3H3. The lowest BCUT2D eigenvalue weighted by Crippen LogP contribution is -2.32. The number of halogens is 1. The van der Waals surface area contributed by atoms with Gasteiger partial charge in [-0.25, -0.2) is 21.6 Å². The number of nitrogens with zero attached hydrogens (tertiary/aromatic N) is 1. The first kappa shape index (κ1) is 27.2. The maximum atomic E-state index is 13.7. The van der Waals surface area contributed by atoms with Gasteiger partial charge in [-0.15, -0.1) is 0 Å². The van der Waals surface area contributed by atoms with Crippen LogP contribution < -0.4 is 9.46 Å². The van der Waals surface area contributed by atoms with Crippen LogP contribution in [-0.4, -0.2) is 34.3 Å². The Labute approximate surface area is 212 Å². The van der Waals surface area contributed by atoms with Crippen LogP contribution in [0.15, 0.2) is 82.6 Å². The molecule has 0 saturated heterocycles. The highest BCUT2D eigenvalue weighted by atomic mass is 35.5.